The van der Waals surface area contributed by atoms with E-state index in [4.69, 9.17) is 18.9 Å². The number of ether oxygens (including phenoxy) is 4. The molecule has 0 heterocycles. The van der Waals surface area contributed by atoms with Crippen molar-refractivity contribution in [1.29, 1.82) is 0 Å². The Hall–Kier alpha value is -0.160. The third-order valence-electron chi connectivity index (χ3n) is 1.45. The van der Waals surface area contributed by atoms with E-state index >= 15 is 0 Å². The van der Waals surface area contributed by atoms with Crippen LogP contribution in [0.2, 0.25) is 0 Å². The highest BCUT2D eigenvalue weighted by molar-refractivity contribution is 4.32. The lowest BCUT2D eigenvalue weighted by molar-refractivity contribution is -0.288. The Labute approximate surface area is 86.5 Å². The summed E-state index contributed by atoms with van der Waals surface area (Å²) < 4.78 is 21.0. The second-order valence-electron chi connectivity index (χ2n) is 2.68. The molecule has 0 aromatic carbocycles. The Morgan fingerprint density at radius 2 is 1.50 bits per heavy atom. The molecule has 0 amide bonds. The van der Waals surface area contributed by atoms with Gasteiger partial charge in [-0.25, -0.2) is 0 Å². The molecule has 0 N–H and O–H groups in total. The molecule has 14 heavy (non-hydrogen) atoms. The minimum Gasteiger partial charge on any atom is -0.379 e. The average molecular weight is 206 g/mol. The van der Waals surface area contributed by atoms with Crippen LogP contribution in [0.1, 0.15) is 27.2 Å². The van der Waals surface area contributed by atoms with E-state index in [1.54, 1.807) is 0 Å². The van der Waals surface area contributed by atoms with Crippen molar-refractivity contribution >= 4 is 0 Å². The van der Waals surface area contributed by atoms with Gasteiger partial charge in [0, 0.05) is 13.2 Å². The molecule has 0 aromatic rings. The van der Waals surface area contributed by atoms with Crippen molar-refractivity contribution in [2.24, 2.45) is 0 Å². The first-order valence-electron chi connectivity index (χ1n) is 5.27. The Bertz CT molecular complexity index is 108. The quantitative estimate of drug-likeness (QED) is 0.403. The zero-order chi connectivity index (χ0) is 10.6. The van der Waals surface area contributed by atoms with Gasteiger partial charge in [0.15, 0.2) is 0 Å². The van der Waals surface area contributed by atoms with E-state index < -0.39 is 6.48 Å². The summed E-state index contributed by atoms with van der Waals surface area (Å²) >= 11 is 0. The molecule has 0 saturated heterocycles. The first-order chi connectivity index (χ1) is 6.85. The van der Waals surface area contributed by atoms with E-state index in [0.29, 0.717) is 33.0 Å². The van der Waals surface area contributed by atoms with Crippen LogP contribution in [0.3, 0.4) is 0 Å². The van der Waals surface area contributed by atoms with Gasteiger partial charge < -0.3 is 18.9 Å². The molecule has 0 spiro atoms. The van der Waals surface area contributed by atoms with E-state index in [9.17, 15) is 0 Å². The third-order valence-corrected chi connectivity index (χ3v) is 1.45. The second-order valence-corrected chi connectivity index (χ2v) is 2.68. The first kappa shape index (κ1) is 13.8. The van der Waals surface area contributed by atoms with Crippen LogP contribution in [0, 0.1) is 0 Å². The summed E-state index contributed by atoms with van der Waals surface area (Å²) in [4.78, 5) is 0. The molecule has 0 aliphatic heterocycles. The molecule has 0 radical (unpaired) electrons. The summed E-state index contributed by atoms with van der Waals surface area (Å²) in [6.07, 6.45) is 0.957. The monoisotopic (exact) mass is 206 g/mol. The van der Waals surface area contributed by atoms with E-state index in [1.165, 1.54) is 0 Å². The Morgan fingerprint density at radius 3 is 2.07 bits per heavy atom. The highest BCUT2D eigenvalue weighted by atomic mass is 16.8. The van der Waals surface area contributed by atoms with E-state index in [0.717, 1.165) is 6.42 Å². The van der Waals surface area contributed by atoms with Gasteiger partial charge in [0.2, 0.25) is 0 Å². The molecule has 0 aliphatic carbocycles. The van der Waals surface area contributed by atoms with Crippen LogP contribution < -0.4 is 0 Å². The van der Waals surface area contributed by atoms with E-state index in [1.807, 2.05) is 20.8 Å². The Balaban J connectivity index is 3.40. The van der Waals surface area contributed by atoms with Crippen molar-refractivity contribution in [2.75, 3.05) is 33.0 Å². The molecule has 0 bridgehead atoms. The second kappa shape index (κ2) is 10.9. The highest BCUT2D eigenvalue weighted by Gasteiger charge is 2.07. The van der Waals surface area contributed by atoms with Gasteiger partial charge in [0.05, 0.1) is 19.8 Å². The minimum absolute atomic E-state index is 0.502. The van der Waals surface area contributed by atoms with Crippen molar-refractivity contribution in [3.63, 3.8) is 0 Å². The third kappa shape index (κ3) is 8.44. The van der Waals surface area contributed by atoms with Gasteiger partial charge in [-0.05, 0) is 20.3 Å². The molecule has 86 valence electrons. The predicted octanol–water partition coefficient (Wildman–Crippen LogP) is 1.79. The Morgan fingerprint density at radius 1 is 0.786 bits per heavy atom. The van der Waals surface area contributed by atoms with Crippen LogP contribution in [0.4, 0.5) is 0 Å². The van der Waals surface area contributed by atoms with Gasteiger partial charge in [-0.15, -0.1) is 0 Å². The maximum Gasteiger partial charge on any atom is 0.271 e. The van der Waals surface area contributed by atoms with Crippen LogP contribution in [-0.4, -0.2) is 39.5 Å². The normalized spacial score (nSPS) is 13.1. The van der Waals surface area contributed by atoms with Crippen LogP contribution in [0.15, 0.2) is 0 Å². The molecular weight excluding hydrogens is 184 g/mol. The van der Waals surface area contributed by atoms with Crippen molar-refractivity contribution in [3.05, 3.63) is 0 Å². The highest BCUT2D eigenvalue weighted by Crippen LogP contribution is 1.98. The SMILES string of the molecule is CCCOC(OCC)OCCOCC. The molecule has 0 aromatic heterocycles. The van der Waals surface area contributed by atoms with Crippen molar-refractivity contribution in [3.8, 4) is 0 Å². The zero-order valence-corrected chi connectivity index (χ0v) is 9.45. The topological polar surface area (TPSA) is 36.9 Å². The zero-order valence-electron chi connectivity index (χ0n) is 9.45. The number of hydrogen-bond donors (Lipinski definition) is 0. The van der Waals surface area contributed by atoms with Crippen molar-refractivity contribution in [2.45, 2.75) is 33.7 Å². The maximum absolute atomic E-state index is 5.32. The molecule has 0 fully saturated rings. The molecule has 4 heteroatoms. The lowest BCUT2D eigenvalue weighted by Gasteiger charge is -2.17. The summed E-state index contributed by atoms with van der Waals surface area (Å²) in [5, 5.41) is 0. The van der Waals surface area contributed by atoms with Crippen LogP contribution in [0.5, 0.6) is 0 Å². The van der Waals surface area contributed by atoms with Crippen LogP contribution in [-0.2, 0) is 18.9 Å². The van der Waals surface area contributed by atoms with Gasteiger partial charge in [0.25, 0.3) is 6.48 Å². The van der Waals surface area contributed by atoms with Crippen molar-refractivity contribution < 1.29 is 18.9 Å². The largest absolute Gasteiger partial charge is 0.379 e. The maximum atomic E-state index is 5.32. The van der Waals surface area contributed by atoms with E-state index in [-0.39, 0.29) is 0 Å². The molecule has 0 saturated carbocycles. The summed E-state index contributed by atoms with van der Waals surface area (Å²) in [5.41, 5.74) is 0. The predicted molar refractivity (Wildman–Crippen MR) is 54.1 cm³/mol. The minimum atomic E-state index is -0.541. The van der Waals surface area contributed by atoms with E-state index in [2.05, 4.69) is 0 Å². The summed E-state index contributed by atoms with van der Waals surface area (Å²) in [5.74, 6) is 0. The smallest absolute Gasteiger partial charge is 0.271 e. The molecule has 1 atom stereocenters. The summed E-state index contributed by atoms with van der Waals surface area (Å²) in [6.45, 7) is 8.39. The summed E-state index contributed by atoms with van der Waals surface area (Å²) in [7, 11) is 0. The standard InChI is InChI=1S/C10H22O4/c1-4-7-13-10(12-6-3)14-9-8-11-5-2/h10H,4-9H2,1-3H3. The first-order valence-corrected chi connectivity index (χ1v) is 5.27. The molecule has 0 aliphatic rings. The molecular formula is C10H22O4. The van der Waals surface area contributed by atoms with Crippen molar-refractivity contribution in [1.82, 2.24) is 0 Å². The van der Waals surface area contributed by atoms with Gasteiger partial charge in [0.1, 0.15) is 0 Å². The fourth-order valence-electron chi connectivity index (χ4n) is 0.842. The average Bonchev–Trinajstić information content (AvgIpc) is 2.20. The van der Waals surface area contributed by atoms with Gasteiger partial charge in [-0.1, -0.05) is 6.92 Å². The summed E-state index contributed by atoms with van der Waals surface area (Å²) in [6, 6.07) is 0. The van der Waals surface area contributed by atoms with Gasteiger partial charge >= 0.3 is 0 Å². The molecule has 0 rings (SSSR count). The lowest BCUT2D eigenvalue weighted by Crippen LogP contribution is -2.23. The van der Waals surface area contributed by atoms with Gasteiger partial charge in [-0.3, -0.25) is 0 Å². The lowest BCUT2D eigenvalue weighted by atomic mass is 10.5. The van der Waals surface area contributed by atoms with Crippen LogP contribution >= 0.6 is 0 Å². The fourth-order valence-corrected chi connectivity index (χ4v) is 0.842. The fraction of sp³-hybridized carbons (Fsp3) is 1.00. The molecule has 1 unspecified atom stereocenters. The van der Waals surface area contributed by atoms with Gasteiger partial charge in [-0.2, -0.15) is 0 Å². The number of hydrogen-bond acceptors (Lipinski definition) is 4. The Kier molecular flexibility index (Phi) is 10.8. The number of rotatable bonds is 10. The van der Waals surface area contributed by atoms with Crippen LogP contribution in [0.25, 0.3) is 0 Å². The molecule has 4 nitrogen and oxygen atoms in total.